The third kappa shape index (κ3) is 6.14. The first-order valence-corrected chi connectivity index (χ1v) is 14.1. The Labute approximate surface area is 231 Å². The van der Waals surface area contributed by atoms with Gasteiger partial charge in [-0.2, -0.15) is 0 Å². The minimum absolute atomic E-state index is 0.0413. The fraction of sp³-hybridized carbons (Fsp3) is 0.379. The van der Waals surface area contributed by atoms with Crippen molar-refractivity contribution in [1.29, 1.82) is 0 Å². The van der Waals surface area contributed by atoms with Crippen molar-refractivity contribution in [2.75, 3.05) is 40.0 Å². The Kier molecular flexibility index (Phi) is 8.51. The molecule has 200 valence electrons. The molecule has 0 N–H and O–H groups in total. The number of amides is 2. The van der Waals surface area contributed by atoms with Crippen LogP contribution in [-0.2, 0) is 16.0 Å². The Morgan fingerprint density at radius 2 is 2.00 bits per heavy atom. The summed E-state index contributed by atoms with van der Waals surface area (Å²) in [5.41, 5.74) is 1.56. The minimum atomic E-state index is -0.255. The highest BCUT2D eigenvalue weighted by molar-refractivity contribution is 7.10. The zero-order valence-corrected chi connectivity index (χ0v) is 22.9. The van der Waals surface area contributed by atoms with E-state index in [0.717, 1.165) is 24.8 Å². The molecule has 0 radical (unpaired) electrons. The molecule has 2 atom stereocenters. The number of hydrogen-bond donors (Lipinski definition) is 0. The van der Waals surface area contributed by atoms with Gasteiger partial charge in [-0.15, -0.1) is 11.3 Å². The summed E-state index contributed by atoms with van der Waals surface area (Å²) in [5, 5.41) is 2.54. The lowest BCUT2D eigenvalue weighted by Crippen LogP contribution is -2.49. The molecule has 1 fully saturated rings. The van der Waals surface area contributed by atoms with Gasteiger partial charge in [0.15, 0.2) is 0 Å². The van der Waals surface area contributed by atoms with Crippen LogP contribution in [0.5, 0.6) is 11.5 Å². The van der Waals surface area contributed by atoms with E-state index in [-0.39, 0.29) is 30.5 Å². The number of carbonyl (C=O) groups is 2. The zero-order valence-electron chi connectivity index (χ0n) is 21.3. The Morgan fingerprint density at radius 3 is 2.79 bits per heavy atom. The van der Waals surface area contributed by atoms with Crippen LogP contribution in [0.4, 0.5) is 0 Å². The maximum Gasteiger partial charge on any atom is 0.254 e. The summed E-state index contributed by atoms with van der Waals surface area (Å²) < 4.78 is 17.3. The quantitative estimate of drug-likeness (QED) is 0.362. The van der Waals surface area contributed by atoms with Crippen LogP contribution in [0, 0.1) is 0 Å². The van der Waals surface area contributed by atoms with Gasteiger partial charge in [-0.3, -0.25) is 9.59 Å². The molecule has 1 saturated heterocycles. The average molecular weight is 555 g/mol. The molecule has 0 saturated carbocycles. The van der Waals surface area contributed by atoms with Gasteiger partial charge in [0.05, 0.1) is 19.3 Å². The van der Waals surface area contributed by atoms with Crippen LogP contribution in [0.25, 0.3) is 0 Å². The van der Waals surface area contributed by atoms with E-state index in [4.69, 9.17) is 25.8 Å². The molecule has 0 unspecified atom stereocenters. The van der Waals surface area contributed by atoms with Crippen LogP contribution < -0.4 is 9.47 Å². The number of methoxy groups -OCH3 is 1. The number of carbonyl (C=O) groups excluding carboxylic acids is 2. The summed E-state index contributed by atoms with van der Waals surface area (Å²) >= 11 is 7.86. The maximum absolute atomic E-state index is 13.8. The highest BCUT2D eigenvalue weighted by Gasteiger charge is 2.34. The molecule has 2 amide bonds. The highest BCUT2D eigenvalue weighted by Crippen LogP contribution is 2.34. The Balaban J connectivity index is 1.35. The summed E-state index contributed by atoms with van der Waals surface area (Å²) in [4.78, 5) is 32.1. The third-order valence-corrected chi connectivity index (χ3v) is 8.23. The van der Waals surface area contributed by atoms with E-state index < -0.39 is 0 Å². The fourth-order valence-electron chi connectivity index (χ4n) is 5.05. The van der Waals surface area contributed by atoms with Crippen molar-refractivity contribution in [3.63, 3.8) is 0 Å². The SMILES string of the molecule is COc1cccc(OC[C@@H]2c3ccsc3CCN2C(=O)CN(C[C@@H]2CCCO2)C(=O)c2cccc(Cl)c2)c1. The van der Waals surface area contributed by atoms with Gasteiger partial charge in [-0.1, -0.05) is 23.7 Å². The molecule has 1 aromatic heterocycles. The number of thiophene rings is 1. The second-order valence-electron chi connectivity index (χ2n) is 9.47. The van der Waals surface area contributed by atoms with Crippen molar-refractivity contribution in [3.8, 4) is 11.5 Å². The molecule has 3 heterocycles. The molecule has 2 aliphatic heterocycles. The summed E-state index contributed by atoms with van der Waals surface area (Å²) in [5.74, 6) is 1.04. The molecule has 9 heteroatoms. The number of fused-ring (bicyclic) bond motifs is 1. The second kappa shape index (κ2) is 12.2. The van der Waals surface area contributed by atoms with Crippen LogP contribution in [0.1, 0.15) is 39.7 Å². The first-order valence-electron chi connectivity index (χ1n) is 12.8. The van der Waals surface area contributed by atoms with E-state index in [2.05, 4.69) is 11.4 Å². The van der Waals surface area contributed by atoms with Crippen molar-refractivity contribution in [1.82, 2.24) is 9.80 Å². The van der Waals surface area contributed by atoms with Crippen LogP contribution in [-0.4, -0.2) is 67.7 Å². The number of benzene rings is 2. The normalized spacial score (nSPS) is 18.6. The minimum Gasteiger partial charge on any atom is -0.497 e. The number of halogens is 1. The van der Waals surface area contributed by atoms with Gasteiger partial charge in [-0.25, -0.2) is 0 Å². The smallest absolute Gasteiger partial charge is 0.254 e. The highest BCUT2D eigenvalue weighted by atomic mass is 35.5. The lowest BCUT2D eigenvalue weighted by atomic mass is 10.00. The molecule has 5 rings (SSSR count). The molecule has 7 nitrogen and oxygen atoms in total. The Morgan fingerprint density at radius 1 is 1.16 bits per heavy atom. The number of rotatable bonds is 9. The molecule has 2 aromatic carbocycles. The van der Waals surface area contributed by atoms with E-state index in [9.17, 15) is 9.59 Å². The monoisotopic (exact) mass is 554 g/mol. The van der Waals surface area contributed by atoms with Gasteiger partial charge in [0, 0.05) is 41.2 Å². The van der Waals surface area contributed by atoms with Crippen LogP contribution in [0.15, 0.2) is 60.0 Å². The summed E-state index contributed by atoms with van der Waals surface area (Å²) in [6, 6.07) is 16.1. The van der Waals surface area contributed by atoms with Crippen LogP contribution in [0.2, 0.25) is 5.02 Å². The predicted molar refractivity (Wildman–Crippen MR) is 147 cm³/mol. The zero-order chi connectivity index (χ0) is 26.5. The van der Waals surface area contributed by atoms with Gasteiger partial charge in [0.25, 0.3) is 5.91 Å². The van der Waals surface area contributed by atoms with E-state index in [0.29, 0.717) is 48.4 Å². The summed E-state index contributed by atoms with van der Waals surface area (Å²) in [6.07, 6.45) is 2.52. The van der Waals surface area contributed by atoms with Crippen molar-refractivity contribution < 1.29 is 23.8 Å². The molecular weight excluding hydrogens is 524 g/mol. The second-order valence-corrected chi connectivity index (χ2v) is 10.9. The molecule has 3 aromatic rings. The average Bonchev–Trinajstić information content (AvgIpc) is 3.63. The molecule has 2 aliphatic rings. The number of nitrogens with zero attached hydrogens (tertiary/aromatic N) is 2. The van der Waals surface area contributed by atoms with Crippen molar-refractivity contribution in [3.05, 3.63) is 81.0 Å². The predicted octanol–water partition coefficient (Wildman–Crippen LogP) is 5.24. The van der Waals surface area contributed by atoms with E-state index in [1.807, 2.05) is 29.2 Å². The third-order valence-electron chi connectivity index (χ3n) is 7.00. The lowest BCUT2D eigenvalue weighted by molar-refractivity contribution is -0.135. The van der Waals surface area contributed by atoms with Gasteiger partial charge < -0.3 is 24.0 Å². The topological polar surface area (TPSA) is 68.3 Å². The Hall–Kier alpha value is -3.07. The molecular formula is C29H31ClN2O5S. The summed E-state index contributed by atoms with van der Waals surface area (Å²) in [6.45, 7) is 1.86. The fourth-order valence-corrected chi connectivity index (χ4v) is 6.17. The van der Waals surface area contributed by atoms with Crippen molar-refractivity contribution >= 4 is 34.8 Å². The van der Waals surface area contributed by atoms with E-state index in [1.165, 1.54) is 4.88 Å². The number of ether oxygens (including phenoxy) is 3. The van der Waals surface area contributed by atoms with E-state index >= 15 is 0 Å². The molecule has 38 heavy (non-hydrogen) atoms. The van der Waals surface area contributed by atoms with E-state index in [1.54, 1.807) is 47.6 Å². The molecule has 0 bridgehead atoms. The van der Waals surface area contributed by atoms with Crippen LogP contribution >= 0.6 is 22.9 Å². The van der Waals surface area contributed by atoms with Gasteiger partial charge >= 0.3 is 0 Å². The summed E-state index contributed by atoms with van der Waals surface area (Å²) in [7, 11) is 1.62. The maximum atomic E-state index is 13.8. The molecule has 0 aliphatic carbocycles. The van der Waals surface area contributed by atoms with Gasteiger partial charge in [0.1, 0.15) is 24.7 Å². The first-order chi connectivity index (χ1) is 18.5. The van der Waals surface area contributed by atoms with Crippen LogP contribution in [0.3, 0.4) is 0 Å². The Bertz CT molecular complexity index is 1280. The standard InChI is InChI=1S/C29H31ClN2O5S/c1-35-22-7-3-8-23(16-22)37-19-26-25-11-14-38-27(25)10-12-32(26)28(33)18-31(17-24-9-4-13-36-24)29(34)20-5-2-6-21(30)15-20/h2-3,5-8,11,14-16,24,26H,4,9-10,12-13,17-19H2,1H3/t24-,26+/m0/s1. The van der Waals surface area contributed by atoms with Crippen molar-refractivity contribution in [2.45, 2.75) is 31.4 Å². The largest absolute Gasteiger partial charge is 0.497 e. The number of hydrogen-bond acceptors (Lipinski definition) is 6. The first kappa shape index (κ1) is 26.5. The van der Waals surface area contributed by atoms with Gasteiger partial charge in [-0.05, 0) is 66.6 Å². The van der Waals surface area contributed by atoms with Crippen molar-refractivity contribution in [2.24, 2.45) is 0 Å². The van der Waals surface area contributed by atoms with Gasteiger partial charge in [0.2, 0.25) is 5.91 Å². The molecule has 0 spiro atoms. The lowest BCUT2D eigenvalue weighted by Gasteiger charge is -2.37.